The van der Waals surface area contributed by atoms with Gasteiger partial charge in [0.2, 0.25) is 0 Å². The molecule has 1 aromatic carbocycles. The first-order valence-corrected chi connectivity index (χ1v) is 7.18. The highest BCUT2D eigenvalue weighted by Crippen LogP contribution is 2.29. The molecule has 0 spiro atoms. The first kappa shape index (κ1) is 15.8. The van der Waals surface area contributed by atoms with Gasteiger partial charge >= 0.3 is 5.97 Å². The maximum absolute atomic E-state index is 10.9. The van der Waals surface area contributed by atoms with Crippen molar-refractivity contribution in [2.45, 2.75) is 46.1 Å². The molecule has 0 heterocycles. The van der Waals surface area contributed by atoms with E-state index < -0.39 is 5.97 Å². The number of carboxylic acids is 1. The van der Waals surface area contributed by atoms with Crippen LogP contribution in [0.15, 0.2) is 18.2 Å². The molecule has 0 fully saturated rings. The van der Waals surface area contributed by atoms with Crippen LogP contribution in [0.1, 0.15) is 50.4 Å². The van der Waals surface area contributed by atoms with E-state index in [2.05, 4.69) is 25.7 Å². The van der Waals surface area contributed by atoms with Crippen LogP contribution in [-0.4, -0.2) is 23.7 Å². The molecule has 1 rings (SSSR count). The molecule has 4 heteroatoms. The van der Waals surface area contributed by atoms with Gasteiger partial charge < -0.3 is 10.0 Å². The number of nitrogens with zero attached hydrogens (tertiary/aromatic N) is 1. The molecule has 1 unspecified atom stereocenters. The molecule has 0 saturated carbocycles. The summed E-state index contributed by atoms with van der Waals surface area (Å²) in [5.74, 6) is -0.947. The van der Waals surface area contributed by atoms with Crippen LogP contribution in [0, 0.1) is 0 Å². The molecule has 0 aromatic heterocycles. The Morgan fingerprint density at radius 1 is 1.42 bits per heavy atom. The molecule has 0 amide bonds. The number of hydrogen-bond donors (Lipinski definition) is 1. The van der Waals surface area contributed by atoms with E-state index in [-0.39, 0.29) is 5.56 Å². The summed E-state index contributed by atoms with van der Waals surface area (Å²) in [5.41, 5.74) is 1.16. The van der Waals surface area contributed by atoms with E-state index in [1.807, 2.05) is 6.07 Å². The topological polar surface area (TPSA) is 40.5 Å². The van der Waals surface area contributed by atoms with E-state index in [0.29, 0.717) is 11.1 Å². The molecule has 1 aromatic rings. The fourth-order valence-corrected chi connectivity index (χ4v) is 2.29. The summed E-state index contributed by atoms with van der Waals surface area (Å²) in [5, 5.41) is 9.47. The zero-order valence-corrected chi connectivity index (χ0v) is 12.6. The molecule has 106 valence electrons. The van der Waals surface area contributed by atoms with E-state index in [9.17, 15) is 4.79 Å². The highest BCUT2D eigenvalue weighted by molar-refractivity contribution is 6.33. The Hall–Kier alpha value is -1.22. The first-order chi connectivity index (χ1) is 9.01. The average Bonchev–Trinajstić information content (AvgIpc) is 2.39. The summed E-state index contributed by atoms with van der Waals surface area (Å²) >= 11 is 6.24. The normalized spacial score (nSPS) is 12.2. The van der Waals surface area contributed by atoms with Gasteiger partial charge in [0.15, 0.2) is 0 Å². The van der Waals surface area contributed by atoms with Crippen LogP contribution in [0.3, 0.4) is 0 Å². The lowest BCUT2D eigenvalue weighted by atomic mass is 10.1. The second-order valence-corrected chi connectivity index (χ2v) is 5.18. The van der Waals surface area contributed by atoms with Gasteiger partial charge in [0, 0.05) is 12.6 Å². The van der Waals surface area contributed by atoms with E-state index in [4.69, 9.17) is 16.7 Å². The summed E-state index contributed by atoms with van der Waals surface area (Å²) < 4.78 is 0. The van der Waals surface area contributed by atoms with Gasteiger partial charge in [0.25, 0.3) is 0 Å². The molecule has 0 aliphatic carbocycles. The van der Waals surface area contributed by atoms with Crippen LogP contribution in [0.25, 0.3) is 0 Å². The third-order valence-electron chi connectivity index (χ3n) is 3.38. The predicted octanol–water partition coefficient (Wildman–Crippen LogP) is 4.44. The van der Waals surface area contributed by atoms with Crippen LogP contribution in [0.5, 0.6) is 0 Å². The minimum absolute atomic E-state index is 0.230. The SMILES string of the molecule is CCCCN(c1ccc(C(=O)O)cc1Cl)C(C)CC. The van der Waals surface area contributed by atoms with Crippen molar-refractivity contribution in [1.82, 2.24) is 0 Å². The van der Waals surface area contributed by atoms with Crippen LogP contribution < -0.4 is 4.90 Å². The van der Waals surface area contributed by atoms with Crippen molar-refractivity contribution in [3.63, 3.8) is 0 Å². The number of carboxylic acid groups (broad SMARTS) is 1. The van der Waals surface area contributed by atoms with E-state index in [0.717, 1.165) is 31.5 Å². The minimum atomic E-state index is -0.947. The van der Waals surface area contributed by atoms with Gasteiger partial charge in [-0.05, 0) is 38.0 Å². The number of rotatable bonds is 7. The Morgan fingerprint density at radius 2 is 2.11 bits per heavy atom. The lowest BCUT2D eigenvalue weighted by Gasteiger charge is -2.31. The van der Waals surface area contributed by atoms with Gasteiger partial charge in [0.05, 0.1) is 16.3 Å². The Kier molecular flexibility index (Phi) is 6.16. The van der Waals surface area contributed by atoms with E-state index in [1.54, 1.807) is 6.07 Å². The number of halogens is 1. The van der Waals surface area contributed by atoms with Crippen molar-refractivity contribution in [1.29, 1.82) is 0 Å². The smallest absolute Gasteiger partial charge is 0.335 e. The first-order valence-electron chi connectivity index (χ1n) is 6.80. The molecule has 0 radical (unpaired) electrons. The molecule has 1 N–H and O–H groups in total. The van der Waals surface area contributed by atoms with Crippen molar-refractivity contribution >= 4 is 23.3 Å². The summed E-state index contributed by atoms with van der Waals surface area (Å²) in [6.07, 6.45) is 3.25. The van der Waals surface area contributed by atoms with Crippen molar-refractivity contribution in [3.05, 3.63) is 28.8 Å². The lowest BCUT2D eigenvalue weighted by molar-refractivity contribution is 0.0697. The predicted molar refractivity (Wildman–Crippen MR) is 80.4 cm³/mol. The van der Waals surface area contributed by atoms with Crippen LogP contribution in [0.2, 0.25) is 5.02 Å². The maximum Gasteiger partial charge on any atom is 0.335 e. The van der Waals surface area contributed by atoms with Gasteiger partial charge in [-0.1, -0.05) is 31.9 Å². The molecule has 0 aliphatic heterocycles. The van der Waals surface area contributed by atoms with Crippen LogP contribution >= 0.6 is 11.6 Å². The summed E-state index contributed by atoms with van der Waals surface area (Å²) in [6.45, 7) is 7.40. The summed E-state index contributed by atoms with van der Waals surface area (Å²) in [7, 11) is 0. The zero-order valence-electron chi connectivity index (χ0n) is 11.8. The molecule has 0 bridgehead atoms. The molecular weight excluding hydrogens is 262 g/mol. The Bertz CT molecular complexity index is 434. The minimum Gasteiger partial charge on any atom is -0.478 e. The quantitative estimate of drug-likeness (QED) is 0.804. The summed E-state index contributed by atoms with van der Waals surface area (Å²) in [4.78, 5) is 13.2. The van der Waals surface area contributed by atoms with Gasteiger partial charge in [-0.2, -0.15) is 0 Å². The third-order valence-corrected chi connectivity index (χ3v) is 3.68. The summed E-state index contributed by atoms with van der Waals surface area (Å²) in [6, 6.07) is 5.35. The highest BCUT2D eigenvalue weighted by Gasteiger charge is 2.16. The standard InChI is InChI=1S/C15H22ClNO2/c1-4-6-9-17(11(3)5-2)14-8-7-12(15(18)19)10-13(14)16/h7-8,10-11H,4-6,9H2,1-3H3,(H,18,19). The second kappa shape index (κ2) is 7.39. The van der Waals surface area contributed by atoms with Crippen LogP contribution in [-0.2, 0) is 0 Å². The van der Waals surface area contributed by atoms with Crippen molar-refractivity contribution in [3.8, 4) is 0 Å². The second-order valence-electron chi connectivity index (χ2n) is 4.78. The lowest BCUT2D eigenvalue weighted by Crippen LogP contribution is -2.33. The number of benzene rings is 1. The van der Waals surface area contributed by atoms with Crippen molar-refractivity contribution in [2.24, 2.45) is 0 Å². The van der Waals surface area contributed by atoms with Gasteiger partial charge in [0.1, 0.15) is 0 Å². The fraction of sp³-hybridized carbons (Fsp3) is 0.533. The molecule has 0 saturated heterocycles. The number of anilines is 1. The Balaban J connectivity index is 3.04. The Labute approximate surface area is 120 Å². The molecule has 3 nitrogen and oxygen atoms in total. The third kappa shape index (κ3) is 4.13. The number of aromatic carboxylic acids is 1. The Morgan fingerprint density at radius 3 is 2.58 bits per heavy atom. The molecular formula is C15H22ClNO2. The number of hydrogen-bond acceptors (Lipinski definition) is 2. The van der Waals surface area contributed by atoms with E-state index in [1.165, 1.54) is 6.07 Å². The maximum atomic E-state index is 10.9. The largest absolute Gasteiger partial charge is 0.478 e. The number of unbranched alkanes of at least 4 members (excludes halogenated alkanes) is 1. The zero-order chi connectivity index (χ0) is 14.4. The van der Waals surface area contributed by atoms with Gasteiger partial charge in [-0.25, -0.2) is 4.79 Å². The van der Waals surface area contributed by atoms with Crippen LogP contribution in [0.4, 0.5) is 5.69 Å². The van der Waals surface area contributed by atoms with Gasteiger partial charge in [-0.15, -0.1) is 0 Å². The fourth-order valence-electron chi connectivity index (χ4n) is 2.00. The average molecular weight is 284 g/mol. The number of carbonyl (C=O) groups is 1. The van der Waals surface area contributed by atoms with Crippen molar-refractivity contribution < 1.29 is 9.90 Å². The molecule has 1 atom stereocenters. The van der Waals surface area contributed by atoms with Gasteiger partial charge in [-0.3, -0.25) is 0 Å². The highest BCUT2D eigenvalue weighted by atomic mass is 35.5. The molecule has 19 heavy (non-hydrogen) atoms. The monoisotopic (exact) mass is 283 g/mol. The van der Waals surface area contributed by atoms with Crippen molar-refractivity contribution in [2.75, 3.05) is 11.4 Å². The van der Waals surface area contributed by atoms with E-state index >= 15 is 0 Å². The molecule has 0 aliphatic rings.